The first-order chi connectivity index (χ1) is 5.72. The third kappa shape index (κ3) is 5.30. The van der Waals surface area contributed by atoms with Gasteiger partial charge in [0.2, 0.25) is 0 Å². The normalized spacial score (nSPS) is 15.6. The molecule has 0 unspecified atom stereocenters. The molecule has 0 aliphatic rings. The maximum atomic E-state index is 11.7. The Kier molecular flexibility index (Phi) is 7.06. The van der Waals surface area contributed by atoms with Crippen LogP contribution in [0.15, 0.2) is 12.7 Å². The zero-order valence-electron chi connectivity index (χ0n) is 7.80. The van der Waals surface area contributed by atoms with Gasteiger partial charge in [0, 0.05) is 0 Å². The standard InChI is InChI=1S/C10H19FO/c1-3-9(2)10(12)7-5-4-6-8-11/h3,9-10,12H,1,4-8H2,2H3/t9-,10-/m1/s1. The van der Waals surface area contributed by atoms with Gasteiger partial charge in [-0.15, -0.1) is 6.58 Å². The minimum Gasteiger partial charge on any atom is -0.393 e. The molecule has 0 fully saturated rings. The second kappa shape index (κ2) is 7.29. The van der Waals surface area contributed by atoms with Gasteiger partial charge in [-0.3, -0.25) is 4.39 Å². The molecule has 0 aromatic rings. The lowest BCUT2D eigenvalue weighted by molar-refractivity contribution is 0.125. The topological polar surface area (TPSA) is 20.2 Å². The van der Waals surface area contributed by atoms with E-state index in [4.69, 9.17) is 0 Å². The predicted octanol–water partition coefficient (Wildman–Crippen LogP) is 2.70. The second-order valence-corrected chi connectivity index (χ2v) is 3.20. The maximum absolute atomic E-state index is 11.7. The van der Waals surface area contributed by atoms with Gasteiger partial charge in [-0.1, -0.05) is 25.8 Å². The lowest BCUT2D eigenvalue weighted by Gasteiger charge is -2.14. The van der Waals surface area contributed by atoms with Gasteiger partial charge in [-0.2, -0.15) is 0 Å². The van der Waals surface area contributed by atoms with Gasteiger partial charge in [0.1, 0.15) is 0 Å². The van der Waals surface area contributed by atoms with Gasteiger partial charge in [0.25, 0.3) is 0 Å². The van der Waals surface area contributed by atoms with Gasteiger partial charge < -0.3 is 5.11 Å². The van der Waals surface area contributed by atoms with Gasteiger partial charge in [0.15, 0.2) is 0 Å². The van der Waals surface area contributed by atoms with Crippen LogP contribution in [0, 0.1) is 5.92 Å². The van der Waals surface area contributed by atoms with Crippen molar-refractivity contribution in [2.45, 2.75) is 38.7 Å². The van der Waals surface area contributed by atoms with E-state index in [9.17, 15) is 9.50 Å². The number of alkyl halides is 1. The van der Waals surface area contributed by atoms with Crippen LogP contribution in [0.2, 0.25) is 0 Å². The van der Waals surface area contributed by atoms with Crippen molar-refractivity contribution in [1.29, 1.82) is 0 Å². The molecule has 0 aromatic heterocycles. The lowest BCUT2D eigenvalue weighted by atomic mass is 9.99. The molecule has 0 saturated heterocycles. The number of aliphatic hydroxyl groups excluding tert-OH is 1. The van der Waals surface area contributed by atoms with Crippen molar-refractivity contribution in [2.24, 2.45) is 5.92 Å². The highest BCUT2D eigenvalue weighted by Crippen LogP contribution is 2.12. The zero-order valence-corrected chi connectivity index (χ0v) is 7.80. The summed E-state index contributed by atoms with van der Waals surface area (Å²) in [7, 11) is 0. The van der Waals surface area contributed by atoms with Crippen molar-refractivity contribution in [1.82, 2.24) is 0 Å². The summed E-state index contributed by atoms with van der Waals surface area (Å²) >= 11 is 0. The van der Waals surface area contributed by atoms with Crippen molar-refractivity contribution >= 4 is 0 Å². The summed E-state index contributed by atoms with van der Waals surface area (Å²) in [5.74, 6) is 0.148. The van der Waals surface area contributed by atoms with Crippen molar-refractivity contribution in [3.05, 3.63) is 12.7 Å². The Hall–Kier alpha value is -0.370. The SMILES string of the molecule is C=C[C@@H](C)[C@H](O)CCCCCF. The van der Waals surface area contributed by atoms with E-state index in [2.05, 4.69) is 6.58 Å². The highest BCUT2D eigenvalue weighted by molar-refractivity contribution is 4.80. The molecule has 0 amide bonds. The third-order valence-electron chi connectivity index (χ3n) is 2.11. The van der Waals surface area contributed by atoms with Crippen LogP contribution in [0.1, 0.15) is 32.6 Å². The van der Waals surface area contributed by atoms with Crippen LogP contribution in [0.25, 0.3) is 0 Å². The first-order valence-corrected chi connectivity index (χ1v) is 4.59. The van der Waals surface area contributed by atoms with E-state index in [-0.39, 0.29) is 18.7 Å². The summed E-state index contributed by atoms with van der Waals surface area (Å²) in [5, 5.41) is 9.45. The van der Waals surface area contributed by atoms with E-state index >= 15 is 0 Å². The van der Waals surface area contributed by atoms with E-state index in [0.29, 0.717) is 6.42 Å². The summed E-state index contributed by atoms with van der Waals surface area (Å²) in [6, 6.07) is 0. The molecular weight excluding hydrogens is 155 g/mol. The van der Waals surface area contributed by atoms with E-state index in [1.165, 1.54) is 0 Å². The Morgan fingerprint density at radius 3 is 2.58 bits per heavy atom. The Balaban J connectivity index is 3.30. The molecule has 0 aliphatic carbocycles. The Bertz CT molecular complexity index is 114. The molecule has 0 rings (SSSR count). The first kappa shape index (κ1) is 11.6. The van der Waals surface area contributed by atoms with Gasteiger partial charge in [-0.05, 0) is 18.8 Å². The zero-order chi connectivity index (χ0) is 9.40. The number of hydrogen-bond acceptors (Lipinski definition) is 1. The van der Waals surface area contributed by atoms with Crippen molar-refractivity contribution in [2.75, 3.05) is 6.67 Å². The average molecular weight is 174 g/mol. The molecule has 0 aliphatic heterocycles. The van der Waals surface area contributed by atoms with Gasteiger partial charge >= 0.3 is 0 Å². The van der Waals surface area contributed by atoms with Gasteiger partial charge in [0.05, 0.1) is 12.8 Å². The third-order valence-corrected chi connectivity index (χ3v) is 2.11. The fourth-order valence-corrected chi connectivity index (χ4v) is 1.04. The molecule has 0 heterocycles. The molecular formula is C10H19FO. The molecule has 0 aromatic carbocycles. The molecule has 0 saturated carbocycles. The average Bonchev–Trinajstić information content (AvgIpc) is 2.10. The monoisotopic (exact) mass is 174 g/mol. The number of hydrogen-bond donors (Lipinski definition) is 1. The number of halogens is 1. The molecule has 0 bridgehead atoms. The Morgan fingerprint density at radius 2 is 2.08 bits per heavy atom. The van der Waals surface area contributed by atoms with Crippen LogP contribution < -0.4 is 0 Å². The summed E-state index contributed by atoms with van der Waals surface area (Å²) in [6.45, 7) is 5.30. The molecule has 0 spiro atoms. The summed E-state index contributed by atoms with van der Waals surface area (Å²) in [6.07, 6.45) is 4.60. The summed E-state index contributed by atoms with van der Waals surface area (Å²) in [5.41, 5.74) is 0. The van der Waals surface area contributed by atoms with E-state index in [1.54, 1.807) is 6.08 Å². The number of aliphatic hydroxyl groups is 1. The second-order valence-electron chi connectivity index (χ2n) is 3.20. The summed E-state index contributed by atoms with van der Waals surface area (Å²) in [4.78, 5) is 0. The highest BCUT2D eigenvalue weighted by Gasteiger charge is 2.09. The van der Waals surface area contributed by atoms with Crippen LogP contribution >= 0.6 is 0 Å². The van der Waals surface area contributed by atoms with E-state index in [0.717, 1.165) is 19.3 Å². The molecule has 1 nitrogen and oxygen atoms in total. The minimum atomic E-state index is -0.304. The van der Waals surface area contributed by atoms with Gasteiger partial charge in [-0.25, -0.2) is 0 Å². The molecule has 2 heteroatoms. The highest BCUT2D eigenvalue weighted by atomic mass is 19.1. The quantitative estimate of drug-likeness (QED) is 0.465. The van der Waals surface area contributed by atoms with Crippen LogP contribution in [0.5, 0.6) is 0 Å². The summed E-state index contributed by atoms with van der Waals surface area (Å²) < 4.78 is 11.7. The molecule has 1 N–H and O–H groups in total. The van der Waals surface area contributed by atoms with E-state index < -0.39 is 0 Å². The number of unbranched alkanes of at least 4 members (excludes halogenated alkanes) is 2. The van der Waals surface area contributed by atoms with Crippen molar-refractivity contribution in [3.8, 4) is 0 Å². The molecule has 0 radical (unpaired) electrons. The lowest BCUT2D eigenvalue weighted by Crippen LogP contribution is -2.14. The van der Waals surface area contributed by atoms with Crippen LogP contribution in [-0.4, -0.2) is 17.9 Å². The molecule has 12 heavy (non-hydrogen) atoms. The Labute approximate surface area is 74.3 Å². The maximum Gasteiger partial charge on any atom is 0.0894 e. The minimum absolute atomic E-state index is 0.148. The van der Waals surface area contributed by atoms with Crippen LogP contribution in [-0.2, 0) is 0 Å². The fraction of sp³-hybridized carbons (Fsp3) is 0.800. The molecule has 2 atom stereocenters. The van der Waals surface area contributed by atoms with E-state index in [1.807, 2.05) is 6.92 Å². The number of rotatable bonds is 7. The Morgan fingerprint density at radius 1 is 1.42 bits per heavy atom. The molecule has 72 valence electrons. The van der Waals surface area contributed by atoms with Crippen LogP contribution in [0.4, 0.5) is 4.39 Å². The van der Waals surface area contributed by atoms with Crippen molar-refractivity contribution < 1.29 is 9.50 Å². The van der Waals surface area contributed by atoms with Crippen molar-refractivity contribution in [3.63, 3.8) is 0 Å². The smallest absolute Gasteiger partial charge is 0.0894 e. The predicted molar refractivity (Wildman–Crippen MR) is 49.8 cm³/mol. The first-order valence-electron chi connectivity index (χ1n) is 4.59. The van der Waals surface area contributed by atoms with Crippen LogP contribution in [0.3, 0.4) is 0 Å². The largest absolute Gasteiger partial charge is 0.393 e. The fourth-order valence-electron chi connectivity index (χ4n) is 1.04.